The van der Waals surface area contributed by atoms with Gasteiger partial charge in [-0.3, -0.25) is 9.78 Å². The number of primary amides is 1. The fourth-order valence-corrected chi connectivity index (χ4v) is 4.60. The van der Waals surface area contributed by atoms with Gasteiger partial charge in [0.2, 0.25) is 0 Å². The van der Waals surface area contributed by atoms with Gasteiger partial charge in [0.25, 0.3) is 5.91 Å². The molecule has 5 heteroatoms. The molecule has 0 aliphatic heterocycles. The average Bonchev–Trinajstić information content (AvgIpc) is 3.22. The second-order valence-corrected chi connectivity index (χ2v) is 6.73. The van der Waals surface area contributed by atoms with Crippen LogP contribution >= 0.6 is 0 Å². The topological polar surface area (TPSA) is 88.2 Å². The number of nitrogens with two attached hydrogens (primary N) is 1. The summed E-state index contributed by atoms with van der Waals surface area (Å²) in [5.74, 6) is 1.00. The molecule has 22 heavy (non-hydrogen) atoms. The number of rotatable bonds is 4. The molecule has 2 bridgehead atoms. The van der Waals surface area contributed by atoms with Crippen LogP contribution in [0.5, 0.6) is 0 Å². The smallest absolute Gasteiger partial charge is 0.252 e. The van der Waals surface area contributed by atoms with E-state index >= 15 is 0 Å². The van der Waals surface area contributed by atoms with Crippen LogP contribution in [0.2, 0.25) is 0 Å². The maximum absolute atomic E-state index is 11.8. The molecule has 0 radical (unpaired) electrons. The molecule has 1 aromatic rings. The summed E-state index contributed by atoms with van der Waals surface area (Å²) < 4.78 is 0. The van der Waals surface area contributed by atoms with Crippen LogP contribution in [0.15, 0.2) is 12.3 Å². The van der Waals surface area contributed by atoms with Crippen LogP contribution in [-0.4, -0.2) is 28.6 Å². The number of carbonyl (C=O) groups excluding carboxylic acids is 1. The number of hydrogen-bond donors (Lipinski definition) is 3. The molecule has 0 spiro atoms. The van der Waals surface area contributed by atoms with Gasteiger partial charge in [0.15, 0.2) is 0 Å². The lowest BCUT2D eigenvalue weighted by Crippen LogP contribution is -2.37. The fourth-order valence-electron chi connectivity index (χ4n) is 4.60. The molecule has 3 aliphatic carbocycles. The SMILES string of the molecule is NC(=O)c1cnc2c(c1N[C@H]1[C@@H]3CC[C@@H](C3)[C@H]1CO)C=CC2. The molecule has 4 rings (SSSR count). The first kappa shape index (κ1) is 13.8. The standard InChI is InChI=1S/C17H21N3O2/c18-17(22)12-7-19-14-3-1-2-11(14)16(12)20-15-10-5-4-9(6-10)13(15)8-21/h1-2,7,9-10,13,15,21H,3-6,8H2,(H2,18,22)(H,19,20)/t9-,10+,13+,15-/m0/s1. The molecule has 116 valence electrons. The third-order valence-electron chi connectivity index (χ3n) is 5.67. The van der Waals surface area contributed by atoms with Crippen molar-refractivity contribution in [2.75, 3.05) is 11.9 Å². The van der Waals surface area contributed by atoms with Crippen LogP contribution < -0.4 is 11.1 Å². The highest BCUT2D eigenvalue weighted by Gasteiger charge is 2.47. The maximum atomic E-state index is 11.8. The molecule has 0 aromatic carbocycles. The Kier molecular flexibility index (Phi) is 3.18. The van der Waals surface area contributed by atoms with Crippen molar-refractivity contribution in [1.29, 1.82) is 0 Å². The second-order valence-electron chi connectivity index (χ2n) is 6.73. The van der Waals surface area contributed by atoms with Gasteiger partial charge >= 0.3 is 0 Å². The van der Waals surface area contributed by atoms with Gasteiger partial charge in [0.1, 0.15) is 0 Å². The van der Waals surface area contributed by atoms with E-state index in [4.69, 9.17) is 5.73 Å². The largest absolute Gasteiger partial charge is 0.396 e. The summed E-state index contributed by atoms with van der Waals surface area (Å²) in [5, 5.41) is 13.3. The third-order valence-corrected chi connectivity index (χ3v) is 5.67. The van der Waals surface area contributed by atoms with Crippen LogP contribution in [0.25, 0.3) is 6.08 Å². The van der Waals surface area contributed by atoms with Gasteiger partial charge in [-0.15, -0.1) is 0 Å². The average molecular weight is 299 g/mol. The van der Waals surface area contributed by atoms with E-state index in [0.717, 1.165) is 23.4 Å². The Labute approximate surface area is 129 Å². The highest BCUT2D eigenvalue weighted by atomic mass is 16.3. The lowest BCUT2D eigenvalue weighted by atomic mass is 9.84. The van der Waals surface area contributed by atoms with Crippen molar-refractivity contribution in [1.82, 2.24) is 4.98 Å². The lowest BCUT2D eigenvalue weighted by molar-refractivity contribution is 0.100. The van der Waals surface area contributed by atoms with Crippen LogP contribution in [-0.2, 0) is 6.42 Å². The molecule has 1 heterocycles. The van der Waals surface area contributed by atoms with E-state index in [0.29, 0.717) is 17.4 Å². The summed E-state index contributed by atoms with van der Waals surface area (Å²) in [6.45, 7) is 0.202. The number of aliphatic hydroxyl groups excluding tert-OH is 1. The van der Waals surface area contributed by atoms with Gasteiger partial charge in [-0.2, -0.15) is 0 Å². The number of nitrogens with zero attached hydrogens (tertiary/aromatic N) is 1. The van der Waals surface area contributed by atoms with E-state index in [1.54, 1.807) is 6.20 Å². The highest BCUT2D eigenvalue weighted by Crippen LogP contribution is 2.49. The number of anilines is 1. The number of aromatic nitrogens is 1. The molecule has 4 atom stereocenters. The predicted octanol–water partition coefficient (Wildman–Crippen LogP) is 1.57. The highest BCUT2D eigenvalue weighted by molar-refractivity contribution is 6.00. The van der Waals surface area contributed by atoms with Crippen molar-refractivity contribution in [3.8, 4) is 0 Å². The van der Waals surface area contributed by atoms with Crippen molar-refractivity contribution < 1.29 is 9.90 Å². The Morgan fingerprint density at radius 2 is 2.23 bits per heavy atom. The molecule has 0 unspecified atom stereocenters. The van der Waals surface area contributed by atoms with E-state index in [1.807, 2.05) is 6.08 Å². The summed E-state index contributed by atoms with van der Waals surface area (Å²) in [4.78, 5) is 16.1. The molecular weight excluding hydrogens is 278 g/mol. The zero-order valence-corrected chi connectivity index (χ0v) is 12.5. The molecule has 1 amide bonds. The number of allylic oxidation sites excluding steroid dienone is 1. The minimum Gasteiger partial charge on any atom is -0.396 e. The van der Waals surface area contributed by atoms with Gasteiger partial charge in [-0.05, 0) is 31.1 Å². The molecule has 4 N–H and O–H groups in total. The number of carbonyl (C=O) groups is 1. The van der Waals surface area contributed by atoms with E-state index in [9.17, 15) is 9.90 Å². The quantitative estimate of drug-likeness (QED) is 0.787. The normalized spacial score (nSPS) is 31.5. The molecular formula is C17H21N3O2. The van der Waals surface area contributed by atoms with Gasteiger partial charge in [0.05, 0.1) is 16.9 Å². The first-order valence-corrected chi connectivity index (χ1v) is 8.04. The van der Waals surface area contributed by atoms with Crippen LogP contribution in [0.1, 0.15) is 40.9 Å². The summed E-state index contributed by atoms with van der Waals surface area (Å²) in [6.07, 6.45) is 10.0. The lowest BCUT2D eigenvalue weighted by Gasteiger charge is -2.32. The number of pyridine rings is 1. The van der Waals surface area contributed by atoms with Gasteiger partial charge < -0.3 is 16.2 Å². The van der Waals surface area contributed by atoms with E-state index in [-0.39, 0.29) is 18.6 Å². The summed E-state index contributed by atoms with van der Waals surface area (Å²) in [5.41, 5.74) is 8.75. The van der Waals surface area contributed by atoms with Crippen molar-refractivity contribution in [3.63, 3.8) is 0 Å². The zero-order chi connectivity index (χ0) is 15.3. The van der Waals surface area contributed by atoms with Crippen molar-refractivity contribution in [3.05, 3.63) is 29.1 Å². The maximum Gasteiger partial charge on any atom is 0.252 e. The molecule has 2 saturated carbocycles. The van der Waals surface area contributed by atoms with Gasteiger partial charge in [-0.1, -0.05) is 12.2 Å². The van der Waals surface area contributed by atoms with Crippen LogP contribution in [0.3, 0.4) is 0 Å². The Bertz CT molecular complexity index is 656. The molecule has 2 fully saturated rings. The van der Waals surface area contributed by atoms with Crippen molar-refractivity contribution in [2.45, 2.75) is 31.7 Å². The Balaban J connectivity index is 1.72. The molecule has 0 saturated heterocycles. The Morgan fingerprint density at radius 3 is 3.00 bits per heavy atom. The zero-order valence-electron chi connectivity index (χ0n) is 12.5. The first-order chi connectivity index (χ1) is 10.7. The first-order valence-electron chi connectivity index (χ1n) is 8.04. The predicted molar refractivity (Wildman–Crippen MR) is 84.3 cm³/mol. The fraction of sp³-hybridized carbons (Fsp3) is 0.529. The van der Waals surface area contributed by atoms with Crippen LogP contribution in [0.4, 0.5) is 5.69 Å². The minimum atomic E-state index is -0.457. The van der Waals surface area contributed by atoms with E-state index in [2.05, 4.69) is 16.4 Å². The monoisotopic (exact) mass is 299 g/mol. The van der Waals surface area contributed by atoms with E-state index in [1.165, 1.54) is 19.3 Å². The number of amides is 1. The third kappa shape index (κ3) is 1.96. The molecule has 3 aliphatic rings. The summed E-state index contributed by atoms with van der Waals surface area (Å²) in [7, 11) is 0. The molecule has 5 nitrogen and oxygen atoms in total. The number of hydrogen-bond acceptors (Lipinski definition) is 4. The Hall–Kier alpha value is -1.88. The van der Waals surface area contributed by atoms with Crippen molar-refractivity contribution in [2.24, 2.45) is 23.5 Å². The van der Waals surface area contributed by atoms with Gasteiger partial charge in [0, 0.05) is 36.7 Å². The Morgan fingerprint density at radius 1 is 1.41 bits per heavy atom. The number of aliphatic hydroxyl groups is 1. The summed E-state index contributed by atoms with van der Waals surface area (Å²) in [6, 6.07) is 0.224. The number of nitrogens with one attached hydrogen (secondary N) is 1. The number of fused-ring (bicyclic) bond motifs is 3. The van der Waals surface area contributed by atoms with E-state index < -0.39 is 5.91 Å². The van der Waals surface area contributed by atoms with Crippen LogP contribution in [0, 0.1) is 17.8 Å². The summed E-state index contributed by atoms with van der Waals surface area (Å²) >= 11 is 0. The van der Waals surface area contributed by atoms with Gasteiger partial charge in [-0.25, -0.2) is 0 Å². The second kappa shape index (κ2) is 5.09. The minimum absolute atomic E-state index is 0.202. The van der Waals surface area contributed by atoms with Crippen molar-refractivity contribution >= 4 is 17.7 Å². The molecule has 1 aromatic heterocycles.